The first-order valence-corrected chi connectivity index (χ1v) is 20.3. The highest BCUT2D eigenvalue weighted by atomic mass is 16.5. The molecule has 10 heteroatoms. The molecule has 0 aliphatic heterocycles. The molecule has 310 valence electrons. The highest BCUT2D eigenvalue weighted by molar-refractivity contribution is 5.64. The largest absolute Gasteiger partial charge is 0.508 e. The number of rotatable bonds is 12. The normalized spacial score (nSPS) is 18.3. The van der Waals surface area contributed by atoms with Gasteiger partial charge in [0.15, 0.2) is 0 Å². The zero-order chi connectivity index (χ0) is 42.0. The summed E-state index contributed by atoms with van der Waals surface area (Å²) >= 11 is 0. The fraction of sp³-hybridized carbons (Fsp3) is 0.489. The highest BCUT2D eigenvalue weighted by Crippen LogP contribution is 2.54. The van der Waals surface area contributed by atoms with E-state index >= 15 is 0 Å². The Labute approximate surface area is 336 Å². The standard InChI is InChI=1S/C47H62O10/c1-23(2)11-27-31-15-32(41(50)19-40(31)49)28(12-24(3)4)34-17-36(45(54)21-43(34)52)30(14-26(7)8)38-18-37(46(55)39(47(38)56)22-57-10-9-48)29(13-25(5)6)35-16-33(27)42(51)20-44(35)53/h15-21,23-30,48-56H,9-14,22H2,1-8H3/t27-,28+,29-,30+. The molecule has 57 heavy (non-hydrogen) atoms. The fourth-order valence-corrected chi connectivity index (χ4v) is 8.75. The van der Waals surface area contributed by atoms with E-state index < -0.39 is 23.7 Å². The SMILES string of the molecule is CC(C)C[C@@H]1c2cc(c(O)cc2O)[C@H](CC(C)C)c2cc(c(O)cc2O)[C@H](CC(C)C)c2cc(c(O)c(COCCO)c2O)[C@H](CC(C)C)c2cc1c(O)cc2O. The van der Waals surface area contributed by atoms with Gasteiger partial charge in [-0.1, -0.05) is 55.4 Å². The molecule has 4 atom stereocenters. The van der Waals surface area contributed by atoms with Crippen molar-refractivity contribution in [2.45, 2.75) is 111 Å². The Morgan fingerprint density at radius 2 is 0.649 bits per heavy atom. The van der Waals surface area contributed by atoms with Crippen LogP contribution in [0.3, 0.4) is 0 Å². The number of phenolic OH excluding ortho intramolecular Hbond substituents is 8. The Kier molecular flexibility index (Phi) is 13.5. The van der Waals surface area contributed by atoms with Crippen LogP contribution < -0.4 is 0 Å². The van der Waals surface area contributed by atoms with Crippen LogP contribution >= 0.6 is 0 Å². The average Bonchev–Trinajstić information content (AvgIpc) is 3.10. The summed E-state index contributed by atoms with van der Waals surface area (Å²) in [5, 5.41) is 104. The van der Waals surface area contributed by atoms with Crippen molar-refractivity contribution in [3.8, 4) is 46.0 Å². The lowest BCUT2D eigenvalue weighted by molar-refractivity contribution is 0.0790. The molecule has 0 amide bonds. The van der Waals surface area contributed by atoms with Crippen LogP contribution in [-0.4, -0.2) is 59.2 Å². The number of hydrogen-bond acceptors (Lipinski definition) is 10. The van der Waals surface area contributed by atoms with Gasteiger partial charge in [-0.15, -0.1) is 0 Å². The van der Waals surface area contributed by atoms with Gasteiger partial charge in [0, 0.05) is 86.4 Å². The van der Waals surface area contributed by atoms with E-state index in [1.54, 1.807) is 24.3 Å². The van der Waals surface area contributed by atoms with E-state index in [4.69, 9.17) is 4.74 Å². The van der Waals surface area contributed by atoms with Gasteiger partial charge < -0.3 is 50.7 Å². The van der Waals surface area contributed by atoms with Gasteiger partial charge in [-0.25, -0.2) is 0 Å². The molecule has 4 aromatic rings. The van der Waals surface area contributed by atoms with E-state index in [9.17, 15) is 46.0 Å². The molecule has 1 aliphatic carbocycles. The predicted octanol–water partition coefficient (Wildman–Crippen LogP) is 9.87. The van der Waals surface area contributed by atoms with Gasteiger partial charge in [-0.2, -0.15) is 0 Å². The lowest BCUT2D eigenvalue weighted by Crippen LogP contribution is -2.14. The molecule has 0 saturated carbocycles. The molecule has 10 nitrogen and oxygen atoms in total. The molecule has 0 saturated heterocycles. The molecular formula is C47H62O10. The van der Waals surface area contributed by atoms with Crippen LogP contribution in [0.2, 0.25) is 0 Å². The molecule has 0 aromatic heterocycles. The van der Waals surface area contributed by atoms with E-state index in [1.807, 2.05) is 55.4 Å². The van der Waals surface area contributed by atoms with E-state index in [2.05, 4.69) is 0 Å². The number of ether oxygens (including phenoxy) is 1. The summed E-state index contributed by atoms with van der Waals surface area (Å²) < 4.78 is 5.71. The van der Waals surface area contributed by atoms with Gasteiger partial charge in [-0.05, 0) is 73.6 Å². The summed E-state index contributed by atoms with van der Waals surface area (Å²) in [5.41, 5.74) is 3.44. The van der Waals surface area contributed by atoms with E-state index in [0.717, 1.165) is 0 Å². The quantitative estimate of drug-likeness (QED) is 0.0625. The minimum Gasteiger partial charge on any atom is -0.508 e. The smallest absolute Gasteiger partial charge is 0.128 e. The number of benzene rings is 4. The summed E-state index contributed by atoms with van der Waals surface area (Å²) in [6, 6.07) is 10.8. The van der Waals surface area contributed by atoms with Gasteiger partial charge in [0.2, 0.25) is 0 Å². The molecule has 1 aliphatic rings. The summed E-state index contributed by atoms with van der Waals surface area (Å²) in [7, 11) is 0. The fourth-order valence-electron chi connectivity index (χ4n) is 8.75. The summed E-state index contributed by atoms with van der Waals surface area (Å²) in [5.74, 6) is -4.05. The van der Waals surface area contributed by atoms with E-state index in [0.29, 0.717) is 70.2 Å². The van der Waals surface area contributed by atoms with Crippen LogP contribution in [0, 0.1) is 23.7 Å². The lowest BCUT2D eigenvalue weighted by Gasteiger charge is -2.31. The second-order valence-corrected chi connectivity index (χ2v) is 17.6. The van der Waals surface area contributed by atoms with Gasteiger partial charge in [0.25, 0.3) is 0 Å². The van der Waals surface area contributed by atoms with Crippen molar-refractivity contribution in [1.29, 1.82) is 0 Å². The van der Waals surface area contributed by atoms with Gasteiger partial charge in [-0.3, -0.25) is 0 Å². The Bertz CT molecular complexity index is 1920. The molecule has 8 bridgehead atoms. The number of aromatic hydroxyl groups is 8. The van der Waals surface area contributed by atoms with Crippen LogP contribution in [0.15, 0.2) is 42.5 Å². The van der Waals surface area contributed by atoms with E-state index in [-0.39, 0.29) is 95.1 Å². The van der Waals surface area contributed by atoms with Gasteiger partial charge in [0.1, 0.15) is 46.0 Å². The summed E-state index contributed by atoms with van der Waals surface area (Å²) in [6.07, 6.45) is 1.78. The van der Waals surface area contributed by atoms with Crippen molar-refractivity contribution in [1.82, 2.24) is 0 Å². The second-order valence-electron chi connectivity index (χ2n) is 17.6. The Morgan fingerprint density at radius 1 is 0.404 bits per heavy atom. The zero-order valence-corrected chi connectivity index (χ0v) is 34.5. The lowest BCUT2D eigenvalue weighted by atomic mass is 9.74. The molecule has 0 heterocycles. The molecule has 9 N–H and O–H groups in total. The first-order chi connectivity index (χ1) is 26.8. The van der Waals surface area contributed by atoms with Crippen molar-refractivity contribution in [2.24, 2.45) is 23.7 Å². The Balaban J connectivity index is 2.03. The first-order valence-electron chi connectivity index (χ1n) is 20.3. The third-order valence-electron chi connectivity index (χ3n) is 11.3. The molecule has 0 radical (unpaired) electrons. The maximum absolute atomic E-state index is 12.1. The Hall–Kier alpha value is -4.80. The number of aliphatic hydroxyl groups excluding tert-OH is 1. The predicted molar refractivity (Wildman–Crippen MR) is 221 cm³/mol. The van der Waals surface area contributed by atoms with Crippen LogP contribution in [0.1, 0.15) is 155 Å². The molecule has 5 rings (SSSR count). The zero-order valence-electron chi connectivity index (χ0n) is 34.5. The number of phenols is 8. The maximum Gasteiger partial charge on any atom is 0.128 e. The van der Waals surface area contributed by atoms with Crippen molar-refractivity contribution in [2.75, 3.05) is 13.2 Å². The second kappa shape index (κ2) is 17.8. The van der Waals surface area contributed by atoms with Crippen molar-refractivity contribution >= 4 is 0 Å². The minimum absolute atomic E-state index is 0.0335. The Morgan fingerprint density at radius 3 is 0.895 bits per heavy atom. The van der Waals surface area contributed by atoms with Crippen molar-refractivity contribution in [3.05, 3.63) is 92.5 Å². The van der Waals surface area contributed by atoms with E-state index in [1.165, 1.54) is 18.2 Å². The van der Waals surface area contributed by atoms with Crippen LogP contribution in [0.5, 0.6) is 46.0 Å². The molecule has 0 unspecified atom stereocenters. The first kappa shape index (κ1) is 43.3. The molecular weight excluding hydrogens is 725 g/mol. The average molecular weight is 787 g/mol. The van der Waals surface area contributed by atoms with Crippen LogP contribution in [0.25, 0.3) is 0 Å². The van der Waals surface area contributed by atoms with Crippen molar-refractivity contribution < 1.29 is 50.7 Å². The molecule has 4 aromatic carbocycles. The third kappa shape index (κ3) is 9.18. The monoisotopic (exact) mass is 786 g/mol. The number of fused-ring (bicyclic) bond motifs is 8. The highest BCUT2D eigenvalue weighted by Gasteiger charge is 2.35. The summed E-state index contributed by atoms with van der Waals surface area (Å²) in [6.45, 7) is 15.6. The molecule has 0 spiro atoms. The van der Waals surface area contributed by atoms with Gasteiger partial charge >= 0.3 is 0 Å². The van der Waals surface area contributed by atoms with Crippen LogP contribution in [-0.2, 0) is 11.3 Å². The number of aliphatic hydroxyl groups is 1. The summed E-state index contributed by atoms with van der Waals surface area (Å²) in [4.78, 5) is 0. The number of hydrogen-bond donors (Lipinski definition) is 9. The van der Waals surface area contributed by atoms with Gasteiger partial charge in [0.05, 0.1) is 25.4 Å². The third-order valence-corrected chi connectivity index (χ3v) is 11.3. The topological polar surface area (TPSA) is 191 Å². The minimum atomic E-state index is -0.684. The van der Waals surface area contributed by atoms with Crippen LogP contribution in [0.4, 0.5) is 0 Å². The van der Waals surface area contributed by atoms with Crippen molar-refractivity contribution in [3.63, 3.8) is 0 Å². The molecule has 0 fully saturated rings. The maximum atomic E-state index is 12.1.